The maximum atomic E-state index is 5.49. The second-order valence-electron chi connectivity index (χ2n) is 4.69. The van der Waals surface area contributed by atoms with E-state index in [1.54, 1.807) is 25.3 Å². The van der Waals surface area contributed by atoms with Crippen molar-refractivity contribution in [3.8, 4) is 11.5 Å². The zero-order chi connectivity index (χ0) is 14.4. The van der Waals surface area contributed by atoms with Crippen molar-refractivity contribution in [2.24, 2.45) is 5.73 Å². The number of methoxy groups -OCH3 is 2. The lowest BCUT2D eigenvalue weighted by atomic mass is 9.89. The molecule has 3 rings (SSSR count). The molecule has 2 aromatic carbocycles. The highest BCUT2D eigenvalue weighted by Gasteiger charge is 2.09. The molecule has 0 spiro atoms. The number of rotatable bonds is 3. The number of ether oxygens (including phenoxy) is 2. The van der Waals surface area contributed by atoms with Crippen LogP contribution in [0.2, 0.25) is 0 Å². The molecule has 1 aliphatic rings. The Morgan fingerprint density at radius 3 is 1.70 bits per heavy atom. The third-order valence-corrected chi connectivity index (χ3v) is 3.43. The largest absolute Gasteiger partial charge is 0.497 e. The first kappa shape index (κ1) is 14.4. The van der Waals surface area contributed by atoms with Crippen LogP contribution in [0, 0.1) is 0 Å². The molecule has 0 bridgehead atoms. The van der Waals surface area contributed by atoms with Gasteiger partial charge in [-0.05, 0) is 41.7 Å². The van der Waals surface area contributed by atoms with E-state index < -0.39 is 0 Å². The van der Waals surface area contributed by atoms with Gasteiger partial charge in [-0.2, -0.15) is 0 Å². The second kappa shape index (κ2) is 6.96. The van der Waals surface area contributed by atoms with E-state index in [2.05, 4.69) is 24.3 Å². The number of aryl methyl sites for hydroxylation is 2. The molecule has 0 saturated carbocycles. The molecule has 106 valence electrons. The Morgan fingerprint density at radius 1 is 0.900 bits per heavy atom. The smallest absolute Gasteiger partial charge is 0.122 e. The van der Waals surface area contributed by atoms with Crippen molar-refractivity contribution in [2.75, 3.05) is 14.2 Å². The van der Waals surface area contributed by atoms with E-state index in [1.165, 1.54) is 12.8 Å². The average molecular weight is 271 g/mol. The number of fused-ring (bicyclic) bond motifs is 1. The first-order valence-corrected chi connectivity index (χ1v) is 6.75. The van der Waals surface area contributed by atoms with Crippen LogP contribution in [-0.4, -0.2) is 14.2 Å². The van der Waals surface area contributed by atoms with Crippen LogP contribution in [0.4, 0.5) is 0 Å². The van der Waals surface area contributed by atoms with Gasteiger partial charge in [0.1, 0.15) is 11.5 Å². The van der Waals surface area contributed by atoms with Gasteiger partial charge in [-0.1, -0.05) is 24.3 Å². The molecule has 2 N–H and O–H groups in total. The standard InChI is InChI=1S/C9H13NO2.C8H8/c1-11-8-3-7(6-10)4-9(5-8)12-2;1-2-4-8-6-5-7(8)3-1/h3-5H,6,10H2,1-2H3;1-4H,5-6H2. The van der Waals surface area contributed by atoms with Crippen LogP contribution >= 0.6 is 0 Å². The molecule has 0 unspecified atom stereocenters. The molecule has 0 aromatic heterocycles. The summed E-state index contributed by atoms with van der Waals surface area (Å²) in [5.41, 5.74) is 9.59. The molecule has 0 aliphatic heterocycles. The van der Waals surface area contributed by atoms with Gasteiger partial charge in [0, 0.05) is 12.6 Å². The van der Waals surface area contributed by atoms with Crippen LogP contribution in [0.1, 0.15) is 16.7 Å². The zero-order valence-electron chi connectivity index (χ0n) is 12.1. The molecule has 1 aliphatic carbocycles. The highest BCUT2D eigenvalue weighted by atomic mass is 16.5. The van der Waals surface area contributed by atoms with Crippen molar-refractivity contribution in [2.45, 2.75) is 19.4 Å². The Morgan fingerprint density at radius 2 is 1.40 bits per heavy atom. The maximum absolute atomic E-state index is 5.49. The summed E-state index contributed by atoms with van der Waals surface area (Å²) in [6.07, 6.45) is 2.60. The molecular formula is C17H21NO2. The number of nitrogens with two attached hydrogens (primary N) is 1. The highest BCUT2D eigenvalue weighted by molar-refractivity contribution is 5.38. The van der Waals surface area contributed by atoms with Gasteiger partial charge in [0.05, 0.1) is 14.2 Å². The van der Waals surface area contributed by atoms with Crippen LogP contribution in [0.5, 0.6) is 11.5 Å². The van der Waals surface area contributed by atoms with Crippen molar-refractivity contribution < 1.29 is 9.47 Å². The van der Waals surface area contributed by atoms with Gasteiger partial charge < -0.3 is 15.2 Å². The van der Waals surface area contributed by atoms with E-state index >= 15 is 0 Å². The highest BCUT2D eigenvalue weighted by Crippen LogP contribution is 2.22. The molecular weight excluding hydrogens is 250 g/mol. The molecule has 3 nitrogen and oxygen atoms in total. The van der Waals surface area contributed by atoms with Gasteiger partial charge in [0.25, 0.3) is 0 Å². The summed E-state index contributed by atoms with van der Waals surface area (Å²) in [6, 6.07) is 14.2. The topological polar surface area (TPSA) is 44.5 Å². The minimum absolute atomic E-state index is 0.494. The van der Waals surface area contributed by atoms with Crippen LogP contribution in [0.3, 0.4) is 0 Å². The van der Waals surface area contributed by atoms with Crippen molar-refractivity contribution >= 4 is 0 Å². The third kappa shape index (κ3) is 3.52. The van der Waals surface area contributed by atoms with Gasteiger partial charge in [0.2, 0.25) is 0 Å². The summed E-state index contributed by atoms with van der Waals surface area (Å²) < 4.78 is 10.1. The van der Waals surface area contributed by atoms with E-state index in [0.717, 1.165) is 17.1 Å². The minimum Gasteiger partial charge on any atom is -0.497 e. The monoisotopic (exact) mass is 271 g/mol. The fourth-order valence-electron chi connectivity index (χ4n) is 2.12. The van der Waals surface area contributed by atoms with E-state index in [4.69, 9.17) is 15.2 Å². The van der Waals surface area contributed by atoms with Crippen molar-refractivity contribution in [3.63, 3.8) is 0 Å². The Labute approximate surface area is 120 Å². The third-order valence-electron chi connectivity index (χ3n) is 3.43. The fourth-order valence-corrected chi connectivity index (χ4v) is 2.12. The first-order valence-electron chi connectivity index (χ1n) is 6.75. The fraction of sp³-hybridized carbons (Fsp3) is 0.294. The summed E-state index contributed by atoms with van der Waals surface area (Å²) in [5, 5.41) is 0. The summed E-state index contributed by atoms with van der Waals surface area (Å²) in [6.45, 7) is 0.494. The van der Waals surface area contributed by atoms with Crippen LogP contribution in [0.25, 0.3) is 0 Å². The SMILES string of the molecule is COc1cc(CN)cc(OC)c1.c1ccc2c(c1)CC2. The lowest BCUT2D eigenvalue weighted by Crippen LogP contribution is -2.06. The summed E-state index contributed by atoms with van der Waals surface area (Å²) >= 11 is 0. The average Bonchev–Trinajstić information content (AvgIpc) is 2.48. The molecule has 20 heavy (non-hydrogen) atoms. The lowest BCUT2D eigenvalue weighted by Gasteiger charge is -2.16. The molecule has 0 heterocycles. The Hall–Kier alpha value is -2.00. The predicted octanol–water partition coefficient (Wildman–Crippen LogP) is 2.95. The van der Waals surface area contributed by atoms with E-state index in [1.807, 2.05) is 18.2 Å². The first-order chi connectivity index (χ1) is 9.76. The quantitative estimate of drug-likeness (QED) is 0.933. The second-order valence-corrected chi connectivity index (χ2v) is 4.69. The molecule has 0 amide bonds. The van der Waals surface area contributed by atoms with Gasteiger partial charge >= 0.3 is 0 Å². The molecule has 2 aromatic rings. The van der Waals surface area contributed by atoms with Gasteiger partial charge in [0.15, 0.2) is 0 Å². The van der Waals surface area contributed by atoms with E-state index in [0.29, 0.717) is 6.54 Å². The predicted molar refractivity (Wildman–Crippen MR) is 81.3 cm³/mol. The molecule has 0 radical (unpaired) electrons. The Kier molecular flexibility index (Phi) is 5.02. The summed E-state index contributed by atoms with van der Waals surface area (Å²) in [7, 11) is 3.24. The molecule has 3 heteroatoms. The summed E-state index contributed by atoms with van der Waals surface area (Å²) in [4.78, 5) is 0. The van der Waals surface area contributed by atoms with Crippen LogP contribution in [-0.2, 0) is 19.4 Å². The Balaban J connectivity index is 0.000000157. The summed E-state index contributed by atoms with van der Waals surface area (Å²) in [5.74, 6) is 1.55. The van der Waals surface area contributed by atoms with E-state index in [9.17, 15) is 0 Å². The molecule has 0 fully saturated rings. The molecule has 0 atom stereocenters. The molecule has 0 saturated heterocycles. The van der Waals surface area contributed by atoms with Gasteiger partial charge in [-0.15, -0.1) is 0 Å². The van der Waals surface area contributed by atoms with Crippen molar-refractivity contribution in [1.29, 1.82) is 0 Å². The normalized spacial score (nSPS) is 11.6. The van der Waals surface area contributed by atoms with Crippen molar-refractivity contribution in [3.05, 3.63) is 59.2 Å². The minimum atomic E-state index is 0.494. The van der Waals surface area contributed by atoms with Gasteiger partial charge in [-0.25, -0.2) is 0 Å². The number of benzene rings is 2. The van der Waals surface area contributed by atoms with Crippen molar-refractivity contribution in [1.82, 2.24) is 0 Å². The van der Waals surface area contributed by atoms with Crippen LogP contribution < -0.4 is 15.2 Å². The number of hydrogen-bond acceptors (Lipinski definition) is 3. The zero-order valence-corrected chi connectivity index (χ0v) is 12.1. The lowest BCUT2D eigenvalue weighted by molar-refractivity contribution is 0.393. The number of hydrogen-bond donors (Lipinski definition) is 1. The Bertz CT molecular complexity index is 488. The maximum Gasteiger partial charge on any atom is 0.122 e. The van der Waals surface area contributed by atoms with E-state index in [-0.39, 0.29) is 0 Å². The van der Waals surface area contributed by atoms with Crippen LogP contribution in [0.15, 0.2) is 42.5 Å². The van der Waals surface area contributed by atoms with Gasteiger partial charge in [-0.3, -0.25) is 0 Å².